The highest BCUT2D eigenvalue weighted by atomic mass is 16.2. The average Bonchev–Trinajstić information content (AvgIpc) is 3.52. The summed E-state index contributed by atoms with van der Waals surface area (Å²) >= 11 is 0. The van der Waals surface area contributed by atoms with Crippen LogP contribution < -0.4 is 16.0 Å². The lowest BCUT2D eigenvalue weighted by Gasteiger charge is -2.34. The van der Waals surface area contributed by atoms with Crippen molar-refractivity contribution in [3.05, 3.63) is 89.6 Å². The van der Waals surface area contributed by atoms with Gasteiger partial charge in [-0.1, -0.05) is 64.6 Å². The average molecular weight is 576 g/mol. The van der Waals surface area contributed by atoms with E-state index in [1.807, 2.05) is 90.9 Å². The van der Waals surface area contributed by atoms with Crippen molar-refractivity contribution in [2.24, 2.45) is 0 Å². The zero-order valence-corrected chi connectivity index (χ0v) is 26.0. The van der Waals surface area contributed by atoms with Crippen LogP contribution in [-0.4, -0.2) is 58.5 Å². The molecule has 0 saturated heterocycles. The van der Waals surface area contributed by atoms with E-state index in [-0.39, 0.29) is 30.4 Å². The van der Waals surface area contributed by atoms with Crippen LogP contribution >= 0.6 is 0 Å². The van der Waals surface area contributed by atoms with Crippen molar-refractivity contribution in [1.82, 2.24) is 25.3 Å². The highest BCUT2D eigenvalue weighted by Crippen LogP contribution is 2.40. The number of fused-ring (bicyclic) bond motifs is 1. The van der Waals surface area contributed by atoms with E-state index in [9.17, 15) is 14.4 Å². The Morgan fingerprint density at radius 3 is 2.21 bits per heavy atom. The summed E-state index contributed by atoms with van der Waals surface area (Å²) in [6.07, 6.45) is 1.17. The number of rotatable bonds is 8. The number of aromatic nitrogens is 2. The monoisotopic (exact) mass is 575 g/mol. The quantitative estimate of drug-likeness (QED) is 0.249. The Morgan fingerprint density at radius 2 is 1.64 bits per heavy atom. The van der Waals surface area contributed by atoms with Crippen LogP contribution in [0.15, 0.2) is 67.3 Å². The normalized spacial score (nSPS) is 13.4. The van der Waals surface area contributed by atoms with Crippen LogP contribution in [0.2, 0.25) is 0 Å². The lowest BCUT2D eigenvalue weighted by molar-refractivity contribution is -0.111. The molecule has 1 aromatic heterocycles. The number of hydrogen-bond donors (Lipinski definition) is 4. The molecule has 3 aromatic rings. The Labute approximate surface area is 249 Å². The first-order chi connectivity index (χ1) is 20.1. The second-order valence-electron chi connectivity index (χ2n) is 9.97. The zero-order valence-electron chi connectivity index (χ0n) is 26.0. The Bertz CT molecular complexity index is 1330. The summed E-state index contributed by atoms with van der Waals surface area (Å²) in [7, 11) is 3.94. The molecule has 1 aliphatic rings. The number of carbonyl (C=O) groups is 3. The van der Waals surface area contributed by atoms with Crippen LogP contribution in [0.4, 0.5) is 16.3 Å². The highest BCUT2D eigenvalue weighted by molar-refractivity contribution is 6.05. The predicted molar refractivity (Wildman–Crippen MR) is 169 cm³/mol. The largest absolute Gasteiger partial charge is 0.330 e. The summed E-state index contributed by atoms with van der Waals surface area (Å²) in [5.74, 6) is -0.302. The van der Waals surface area contributed by atoms with Gasteiger partial charge in [-0.05, 0) is 63.8 Å². The van der Waals surface area contributed by atoms with Gasteiger partial charge in [-0.15, -0.1) is 0 Å². The van der Waals surface area contributed by atoms with E-state index in [1.54, 1.807) is 29.2 Å². The number of carbonyl (C=O) groups excluding carboxylic acids is 3. The molecule has 1 aliphatic heterocycles. The van der Waals surface area contributed by atoms with Gasteiger partial charge in [0.2, 0.25) is 5.91 Å². The minimum absolute atomic E-state index is 0.190. The van der Waals surface area contributed by atoms with E-state index < -0.39 is 5.54 Å². The summed E-state index contributed by atoms with van der Waals surface area (Å²) in [5, 5.41) is 16.0. The molecule has 1 atom stereocenters. The summed E-state index contributed by atoms with van der Waals surface area (Å²) in [4.78, 5) is 41.7. The number of hydrogen-bond acceptors (Lipinski definition) is 5. The van der Waals surface area contributed by atoms with E-state index in [0.29, 0.717) is 23.6 Å². The fraction of sp³-hybridized carbons (Fsp3) is 0.375. The molecular formula is C32H45N7O3. The van der Waals surface area contributed by atoms with E-state index in [2.05, 4.69) is 32.7 Å². The Balaban J connectivity index is 0.00000148. The summed E-state index contributed by atoms with van der Waals surface area (Å²) in [5.41, 5.74) is 2.85. The summed E-state index contributed by atoms with van der Waals surface area (Å²) in [6.45, 7) is 16.2. The molecule has 2 aromatic carbocycles. The third-order valence-corrected chi connectivity index (χ3v) is 6.59. The summed E-state index contributed by atoms with van der Waals surface area (Å²) < 4.78 is 0. The second-order valence-corrected chi connectivity index (χ2v) is 9.97. The molecule has 226 valence electrons. The van der Waals surface area contributed by atoms with Crippen molar-refractivity contribution in [3.8, 4) is 0 Å². The van der Waals surface area contributed by atoms with Crippen LogP contribution in [0.1, 0.15) is 74.8 Å². The van der Waals surface area contributed by atoms with E-state index in [4.69, 9.17) is 0 Å². The van der Waals surface area contributed by atoms with Gasteiger partial charge in [-0.3, -0.25) is 14.7 Å². The number of benzene rings is 2. The predicted octanol–water partition coefficient (Wildman–Crippen LogP) is 5.90. The first-order valence-corrected chi connectivity index (χ1v) is 14.3. The number of amides is 4. The molecule has 10 heteroatoms. The maximum absolute atomic E-state index is 13.5. The van der Waals surface area contributed by atoms with Gasteiger partial charge in [0.1, 0.15) is 0 Å². The molecule has 1 unspecified atom stereocenters. The highest BCUT2D eigenvalue weighted by Gasteiger charge is 2.44. The van der Waals surface area contributed by atoms with Crippen LogP contribution in [-0.2, 0) is 16.9 Å². The topological polar surface area (TPSA) is 122 Å². The standard InChI is InChI=1S/C28H33N7O3.2C2H6/c1-6-23(36)29-20-14-12-19(13-15-20)26(37)31-25-21-16-35(28(2,3)24(21)32-33-25)27(38)30-22(17-34(4)5)18-10-8-7-9-11-18;2*1-2/h6-15,22H,1,16-17H2,2-5H3,(H,29,36)(H,30,38)(H2,31,32,33,37);2*1-2H3. The zero-order chi connectivity index (χ0) is 31.4. The Hall–Kier alpha value is -4.44. The number of nitrogens with zero attached hydrogens (tertiary/aromatic N) is 3. The molecule has 0 fully saturated rings. The first kappa shape index (κ1) is 33.8. The van der Waals surface area contributed by atoms with Gasteiger partial charge >= 0.3 is 6.03 Å². The lowest BCUT2D eigenvalue weighted by atomic mass is 10.0. The number of aromatic amines is 1. The van der Waals surface area contributed by atoms with E-state index in [1.165, 1.54) is 6.08 Å². The number of likely N-dealkylation sites (N-methyl/N-ethyl adjacent to an activating group) is 1. The first-order valence-electron chi connectivity index (χ1n) is 14.3. The van der Waals surface area contributed by atoms with Gasteiger partial charge < -0.3 is 25.8 Å². The van der Waals surface area contributed by atoms with Crippen molar-refractivity contribution in [2.45, 2.75) is 59.7 Å². The molecule has 4 N–H and O–H groups in total. The molecule has 0 radical (unpaired) electrons. The minimum Gasteiger partial charge on any atom is -0.330 e. The number of anilines is 2. The molecule has 0 saturated carbocycles. The van der Waals surface area contributed by atoms with E-state index >= 15 is 0 Å². The minimum atomic E-state index is -0.667. The second kappa shape index (κ2) is 15.5. The molecule has 0 bridgehead atoms. The van der Waals surface area contributed by atoms with E-state index in [0.717, 1.165) is 16.8 Å². The van der Waals surface area contributed by atoms with Crippen LogP contribution in [0.3, 0.4) is 0 Å². The van der Waals surface area contributed by atoms with Gasteiger partial charge in [0.05, 0.1) is 23.8 Å². The van der Waals surface area contributed by atoms with Crippen molar-refractivity contribution in [2.75, 3.05) is 31.3 Å². The molecular weight excluding hydrogens is 530 g/mol. The fourth-order valence-electron chi connectivity index (χ4n) is 4.53. The van der Waals surface area contributed by atoms with Crippen molar-refractivity contribution in [1.29, 1.82) is 0 Å². The third-order valence-electron chi connectivity index (χ3n) is 6.59. The van der Waals surface area contributed by atoms with Gasteiger partial charge in [0.15, 0.2) is 5.82 Å². The molecule has 4 rings (SSSR count). The van der Waals surface area contributed by atoms with Gasteiger partial charge in [-0.25, -0.2) is 4.79 Å². The maximum atomic E-state index is 13.5. The van der Waals surface area contributed by atoms with Gasteiger partial charge in [-0.2, -0.15) is 5.10 Å². The molecule has 2 heterocycles. The smallest absolute Gasteiger partial charge is 0.319 e. The molecule has 0 aliphatic carbocycles. The van der Waals surface area contributed by atoms with Gasteiger partial charge in [0, 0.05) is 23.4 Å². The molecule has 42 heavy (non-hydrogen) atoms. The molecule has 10 nitrogen and oxygen atoms in total. The number of nitrogens with one attached hydrogen (secondary N) is 4. The summed E-state index contributed by atoms with van der Waals surface area (Å²) in [6, 6.07) is 16.0. The maximum Gasteiger partial charge on any atom is 0.319 e. The molecule has 4 amide bonds. The van der Waals surface area contributed by atoms with Crippen molar-refractivity contribution < 1.29 is 14.4 Å². The third kappa shape index (κ3) is 8.07. The van der Waals surface area contributed by atoms with Crippen LogP contribution in [0, 0.1) is 0 Å². The Kier molecular flexibility index (Phi) is 12.5. The Morgan fingerprint density at radius 1 is 1.02 bits per heavy atom. The number of urea groups is 1. The SMILES string of the molecule is C=CC(=O)Nc1ccc(C(=O)Nc2n[nH]c3c2CN(C(=O)NC(CN(C)C)c2ccccc2)C3(C)C)cc1.CC.CC. The van der Waals surface area contributed by atoms with Crippen LogP contribution in [0.25, 0.3) is 0 Å². The van der Waals surface area contributed by atoms with Crippen LogP contribution in [0.5, 0.6) is 0 Å². The number of H-pyrrole nitrogens is 1. The van der Waals surface area contributed by atoms with Crippen molar-refractivity contribution >= 4 is 29.4 Å². The van der Waals surface area contributed by atoms with Gasteiger partial charge in [0.25, 0.3) is 5.91 Å². The fourth-order valence-corrected chi connectivity index (χ4v) is 4.53. The van der Waals surface area contributed by atoms with Crippen molar-refractivity contribution in [3.63, 3.8) is 0 Å². The molecule has 0 spiro atoms. The lowest BCUT2D eigenvalue weighted by Crippen LogP contribution is -2.48.